The quantitative estimate of drug-likeness (QED) is 0.472. The van der Waals surface area contributed by atoms with Gasteiger partial charge in [0.15, 0.2) is 6.29 Å². The fourth-order valence-electron chi connectivity index (χ4n) is 1.73. The molecule has 94 valence electrons. The summed E-state index contributed by atoms with van der Waals surface area (Å²) in [7, 11) is 0. The van der Waals surface area contributed by atoms with E-state index >= 15 is 0 Å². The van der Waals surface area contributed by atoms with Gasteiger partial charge in [0.05, 0.1) is 19.8 Å². The third-order valence-corrected chi connectivity index (χ3v) is 2.68. The normalized spacial score (nSPS) is 25.6. The molecule has 0 N–H and O–H groups in total. The molecule has 0 saturated carbocycles. The summed E-state index contributed by atoms with van der Waals surface area (Å²) in [5.74, 6) is 0. The highest BCUT2D eigenvalue weighted by atomic mass is 16.7. The lowest BCUT2D eigenvalue weighted by Gasteiger charge is -2.29. The maximum Gasteiger partial charge on any atom is 0.157 e. The van der Waals surface area contributed by atoms with E-state index in [0.29, 0.717) is 19.8 Å². The van der Waals surface area contributed by atoms with E-state index in [2.05, 4.69) is 13.5 Å². The standard InChI is InChI=1S/C13H24O3/c1-3-5-6-7-8-13-15-10-12(11-16-13)14-9-4-2/h4,12-13H,2-3,5-11H2,1H3. The molecule has 1 heterocycles. The molecule has 0 aliphatic carbocycles. The summed E-state index contributed by atoms with van der Waals surface area (Å²) in [5.41, 5.74) is 0. The molecule has 0 bridgehead atoms. The van der Waals surface area contributed by atoms with E-state index in [9.17, 15) is 0 Å². The second-order valence-corrected chi connectivity index (χ2v) is 4.19. The van der Waals surface area contributed by atoms with E-state index in [0.717, 1.165) is 6.42 Å². The molecule has 1 rings (SSSR count). The van der Waals surface area contributed by atoms with Gasteiger partial charge in [-0.05, 0) is 12.8 Å². The van der Waals surface area contributed by atoms with E-state index in [-0.39, 0.29) is 12.4 Å². The molecule has 0 amide bonds. The topological polar surface area (TPSA) is 27.7 Å². The molecular weight excluding hydrogens is 204 g/mol. The average Bonchev–Trinajstić information content (AvgIpc) is 2.33. The molecule has 0 aromatic heterocycles. The lowest BCUT2D eigenvalue weighted by molar-refractivity contribution is -0.226. The van der Waals surface area contributed by atoms with Gasteiger partial charge in [0, 0.05) is 0 Å². The molecule has 0 spiro atoms. The zero-order valence-electron chi connectivity index (χ0n) is 10.3. The molecule has 16 heavy (non-hydrogen) atoms. The Bertz CT molecular complexity index is 174. The zero-order chi connectivity index (χ0) is 11.6. The van der Waals surface area contributed by atoms with Crippen molar-refractivity contribution >= 4 is 0 Å². The molecule has 0 aromatic rings. The molecular formula is C13H24O3. The van der Waals surface area contributed by atoms with Gasteiger partial charge in [0.1, 0.15) is 6.10 Å². The van der Waals surface area contributed by atoms with Crippen LogP contribution in [0.1, 0.15) is 39.0 Å². The smallest absolute Gasteiger partial charge is 0.157 e. The van der Waals surface area contributed by atoms with Crippen molar-refractivity contribution in [2.75, 3.05) is 19.8 Å². The van der Waals surface area contributed by atoms with Crippen molar-refractivity contribution in [1.29, 1.82) is 0 Å². The van der Waals surface area contributed by atoms with Crippen molar-refractivity contribution in [3.8, 4) is 0 Å². The Morgan fingerprint density at radius 2 is 2.00 bits per heavy atom. The van der Waals surface area contributed by atoms with Crippen LogP contribution in [0.15, 0.2) is 12.7 Å². The third-order valence-electron chi connectivity index (χ3n) is 2.68. The Hall–Kier alpha value is -0.380. The summed E-state index contributed by atoms with van der Waals surface area (Å²) < 4.78 is 16.6. The minimum atomic E-state index is -0.0135. The summed E-state index contributed by atoms with van der Waals surface area (Å²) in [4.78, 5) is 0. The van der Waals surface area contributed by atoms with Crippen molar-refractivity contribution in [2.45, 2.75) is 51.4 Å². The van der Waals surface area contributed by atoms with Gasteiger partial charge >= 0.3 is 0 Å². The molecule has 1 saturated heterocycles. The monoisotopic (exact) mass is 228 g/mol. The lowest BCUT2D eigenvalue weighted by atomic mass is 10.1. The summed E-state index contributed by atoms with van der Waals surface area (Å²) in [6.45, 7) is 7.69. The summed E-state index contributed by atoms with van der Waals surface area (Å²) in [5, 5.41) is 0. The first-order chi connectivity index (χ1) is 7.86. The van der Waals surface area contributed by atoms with E-state index in [1.54, 1.807) is 6.08 Å². The minimum Gasteiger partial charge on any atom is -0.369 e. The SMILES string of the molecule is C=CCOC1COC(CCCCCC)OC1. The van der Waals surface area contributed by atoms with Crippen molar-refractivity contribution in [1.82, 2.24) is 0 Å². The Morgan fingerprint density at radius 1 is 1.25 bits per heavy atom. The average molecular weight is 228 g/mol. The highest BCUT2D eigenvalue weighted by Gasteiger charge is 2.21. The molecule has 0 radical (unpaired) electrons. The van der Waals surface area contributed by atoms with Gasteiger partial charge in [0.25, 0.3) is 0 Å². The van der Waals surface area contributed by atoms with Gasteiger partial charge in [-0.25, -0.2) is 0 Å². The number of ether oxygens (including phenoxy) is 3. The zero-order valence-corrected chi connectivity index (χ0v) is 10.3. The number of hydrogen-bond donors (Lipinski definition) is 0. The van der Waals surface area contributed by atoms with Crippen LogP contribution in [0.3, 0.4) is 0 Å². The van der Waals surface area contributed by atoms with Crippen LogP contribution in [0.2, 0.25) is 0 Å². The first kappa shape index (κ1) is 13.7. The van der Waals surface area contributed by atoms with E-state index in [1.807, 2.05) is 0 Å². The fourth-order valence-corrected chi connectivity index (χ4v) is 1.73. The molecule has 1 aliphatic heterocycles. The fraction of sp³-hybridized carbons (Fsp3) is 0.846. The van der Waals surface area contributed by atoms with Gasteiger partial charge in [-0.15, -0.1) is 6.58 Å². The van der Waals surface area contributed by atoms with Crippen LogP contribution in [-0.2, 0) is 14.2 Å². The highest BCUT2D eigenvalue weighted by molar-refractivity contribution is 4.68. The number of hydrogen-bond acceptors (Lipinski definition) is 3. The Labute approximate surface area is 98.8 Å². The van der Waals surface area contributed by atoms with E-state index in [4.69, 9.17) is 14.2 Å². The molecule has 0 atom stereocenters. The van der Waals surface area contributed by atoms with Crippen LogP contribution in [0.25, 0.3) is 0 Å². The largest absolute Gasteiger partial charge is 0.369 e. The molecule has 1 fully saturated rings. The highest BCUT2D eigenvalue weighted by Crippen LogP contribution is 2.15. The van der Waals surface area contributed by atoms with Gasteiger partial charge in [-0.3, -0.25) is 0 Å². The van der Waals surface area contributed by atoms with Crippen LogP contribution in [-0.4, -0.2) is 32.2 Å². The first-order valence-electron chi connectivity index (χ1n) is 6.32. The molecule has 3 heteroatoms. The predicted octanol–water partition coefficient (Wildman–Crippen LogP) is 2.90. The van der Waals surface area contributed by atoms with Crippen LogP contribution in [0, 0.1) is 0 Å². The second-order valence-electron chi connectivity index (χ2n) is 4.19. The van der Waals surface area contributed by atoms with Gasteiger partial charge < -0.3 is 14.2 Å². The van der Waals surface area contributed by atoms with Crippen molar-refractivity contribution in [3.63, 3.8) is 0 Å². The summed E-state index contributed by atoms with van der Waals surface area (Å²) >= 11 is 0. The summed E-state index contributed by atoms with van der Waals surface area (Å²) in [6.07, 6.45) is 7.85. The number of unbranched alkanes of at least 4 members (excludes halogenated alkanes) is 3. The van der Waals surface area contributed by atoms with E-state index in [1.165, 1.54) is 25.7 Å². The van der Waals surface area contributed by atoms with Crippen molar-refractivity contribution < 1.29 is 14.2 Å². The molecule has 0 aromatic carbocycles. The Kier molecular flexibility index (Phi) is 7.47. The maximum absolute atomic E-state index is 5.59. The van der Waals surface area contributed by atoms with Gasteiger partial charge in [0.2, 0.25) is 0 Å². The minimum absolute atomic E-state index is 0.0135. The number of rotatable bonds is 8. The van der Waals surface area contributed by atoms with Crippen molar-refractivity contribution in [3.05, 3.63) is 12.7 Å². The third kappa shape index (κ3) is 5.64. The van der Waals surface area contributed by atoms with Crippen molar-refractivity contribution in [2.24, 2.45) is 0 Å². The Morgan fingerprint density at radius 3 is 2.62 bits per heavy atom. The van der Waals surface area contributed by atoms with Gasteiger partial charge in [-0.1, -0.05) is 32.3 Å². The van der Waals surface area contributed by atoms with Crippen LogP contribution in [0.4, 0.5) is 0 Å². The summed E-state index contributed by atoms with van der Waals surface area (Å²) in [6, 6.07) is 0. The molecule has 1 aliphatic rings. The van der Waals surface area contributed by atoms with Crippen LogP contribution >= 0.6 is 0 Å². The predicted molar refractivity (Wildman–Crippen MR) is 64.4 cm³/mol. The van der Waals surface area contributed by atoms with Crippen LogP contribution in [0.5, 0.6) is 0 Å². The second kappa shape index (κ2) is 8.74. The first-order valence-corrected chi connectivity index (χ1v) is 6.32. The maximum atomic E-state index is 5.59. The van der Waals surface area contributed by atoms with E-state index < -0.39 is 0 Å². The van der Waals surface area contributed by atoms with Crippen LogP contribution < -0.4 is 0 Å². The molecule has 3 nitrogen and oxygen atoms in total. The Balaban J connectivity index is 2.00. The molecule has 0 unspecified atom stereocenters. The lowest BCUT2D eigenvalue weighted by Crippen LogP contribution is -2.37. The van der Waals surface area contributed by atoms with Gasteiger partial charge in [-0.2, -0.15) is 0 Å².